The second kappa shape index (κ2) is 6.32. The van der Waals surface area contributed by atoms with Gasteiger partial charge in [-0.3, -0.25) is 4.79 Å². The molecule has 0 radical (unpaired) electrons. The molecule has 2 aliphatic rings. The number of rotatable bonds is 4. The average molecular weight is 311 g/mol. The van der Waals surface area contributed by atoms with Gasteiger partial charge in [0.05, 0.1) is 0 Å². The fraction of sp³-hybridized carbons (Fsp3) is 0.562. The highest BCUT2D eigenvalue weighted by molar-refractivity contribution is 6.31. The lowest BCUT2D eigenvalue weighted by Crippen LogP contribution is -2.36. The molecule has 1 aliphatic heterocycles. The van der Waals surface area contributed by atoms with Gasteiger partial charge in [0.25, 0.3) is 0 Å². The first-order valence-corrected chi connectivity index (χ1v) is 7.97. The van der Waals surface area contributed by atoms with Crippen LogP contribution >= 0.6 is 11.6 Å². The standard InChI is InChI=1S/C16H20ClFN2O/c17-13-2-1-3-14(18)15(13)11-8-12(11)16(21)20-9-10-4-6-19-7-5-10/h1-3,10-12,19H,4-9H2,(H,20,21)/t11-,12-/m0/s1. The lowest BCUT2D eigenvalue weighted by Gasteiger charge is -2.22. The van der Waals surface area contributed by atoms with Crippen LogP contribution in [0.15, 0.2) is 18.2 Å². The highest BCUT2D eigenvalue weighted by Gasteiger charge is 2.46. The Balaban J connectivity index is 1.53. The number of carbonyl (C=O) groups is 1. The fourth-order valence-electron chi connectivity index (χ4n) is 3.13. The molecule has 21 heavy (non-hydrogen) atoms. The molecule has 0 aromatic heterocycles. The third-order valence-corrected chi connectivity index (χ3v) is 4.85. The van der Waals surface area contributed by atoms with Crippen molar-refractivity contribution in [3.05, 3.63) is 34.6 Å². The van der Waals surface area contributed by atoms with Gasteiger partial charge in [-0.05, 0) is 50.4 Å². The number of nitrogens with one attached hydrogen (secondary N) is 2. The lowest BCUT2D eigenvalue weighted by molar-refractivity contribution is -0.122. The third kappa shape index (κ3) is 3.38. The zero-order chi connectivity index (χ0) is 14.8. The molecule has 1 aliphatic carbocycles. The molecule has 2 N–H and O–H groups in total. The zero-order valence-corrected chi connectivity index (χ0v) is 12.6. The average Bonchev–Trinajstić information content (AvgIpc) is 3.26. The van der Waals surface area contributed by atoms with Crippen LogP contribution in [-0.4, -0.2) is 25.5 Å². The summed E-state index contributed by atoms with van der Waals surface area (Å²) in [5.41, 5.74) is 0.501. The van der Waals surface area contributed by atoms with Crippen LogP contribution < -0.4 is 10.6 Å². The van der Waals surface area contributed by atoms with E-state index in [4.69, 9.17) is 11.6 Å². The van der Waals surface area contributed by atoms with Crippen molar-refractivity contribution in [1.82, 2.24) is 10.6 Å². The van der Waals surface area contributed by atoms with Gasteiger partial charge in [-0.25, -0.2) is 4.39 Å². The van der Waals surface area contributed by atoms with Gasteiger partial charge in [0.15, 0.2) is 0 Å². The summed E-state index contributed by atoms with van der Waals surface area (Å²) >= 11 is 6.05. The van der Waals surface area contributed by atoms with Crippen LogP contribution in [0.4, 0.5) is 4.39 Å². The van der Waals surface area contributed by atoms with Crippen molar-refractivity contribution in [1.29, 1.82) is 0 Å². The Kier molecular flexibility index (Phi) is 4.45. The van der Waals surface area contributed by atoms with Crippen LogP contribution in [0, 0.1) is 17.7 Å². The van der Waals surface area contributed by atoms with E-state index < -0.39 is 0 Å². The van der Waals surface area contributed by atoms with E-state index in [9.17, 15) is 9.18 Å². The van der Waals surface area contributed by atoms with Crippen molar-refractivity contribution in [2.75, 3.05) is 19.6 Å². The highest BCUT2D eigenvalue weighted by atomic mass is 35.5. The van der Waals surface area contributed by atoms with Gasteiger partial charge >= 0.3 is 0 Å². The van der Waals surface area contributed by atoms with Crippen LogP contribution in [0.25, 0.3) is 0 Å². The molecule has 0 bridgehead atoms. The topological polar surface area (TPSA) is 41.1 Å². The van der Waals surface area contributed by atoms with Crippen LogP contribution in [0.2, 0.25) is 5.02 Å². The summed E-state index contributed by atoms with van der Waals surface area (Å²) in [6.07, 6.45) is 2.90. The van der Waals surface area contributed by atoms with Crippen LogP contribution in [0.1, 0.15) is 30.7 Å². The Morgan fingerprint density at radius 1 is 1.38 bits per heavy atom. The van der Waals surface area contributed by atoms with E-state index in [1.807, 2.05) is 0 Å². The van der Waals surface area contributed by atoms with Gasteiger partial charge in [-0.2, -0.15) is 0 Å². The Bertz CT molecular complexity index is 511. The quantitative estimate of drug-likeness (QED) is 0.898. The SMILES string of the molecule is O=C(NCC1CCNCC1)[C@H]1C[C@@H]1c1c(F)cccc1Cl. The molecule has 3 rings (SSSR count). The molecule has 1 saturated carbocycles. The molecule has 0 spiro atoms. The molecule has 1 heterocycles. The summed E-state index contributed by atoms with van der Waals surface area (Å²) in [5.74, 6) is 0.108. The van der Waals surface area contributed by atoms with Gasteiger partial charge in [-0.15, -0.1) is 0 Å². The van der Waals surface area contributed by atoms with E-state index in [2.05, 4.69) is 10.6 Å². The van der Waals surface area contributed by atoms with Crippen molar-refractivity contribution in [3.63, 3.8) is 0 Å². The van der Waals surface area contributed by atoms with Gasteiger partial charge in [-0.1, -0.05) is 17.7 Å². The number of piperidine rings is 1. The molecule has 0 unspecified atom stereocenters. The Labute approximate surface area is 129 Å². The molecule has 2 atom stereocenters. The number of halogens is 2. The maximum atomic E-state index is 13.8. The van der Waals surface area contributed by atoms with Gasteiger partial charge < -0.3 is 10.6 Å². The Morgan fingerprint density at radius 2 is 2.14 bits per heavy atom. The molecule has 1 amide bonds. The first-order valence-electron chi connectivity index (χ1n) is 7.59. The van der Waals surface area contributed by atoms with E-state index in [1.54, 1.807) is 12.1 Å². The summed E-state index contributed by atoms with van der Waals surface area (Å²) in [5, 5.41) is 6.75. The van der Waals surface area contributed by atoms with E-state index in [1.165, 1.54) is 6.07 Å². The predicted octanol–water partition coefficient (Wildman–Crippen LogP) is 2.70. The highest BCUT2D eigenvalue weighted by Crippen LogP contribution is 2.50. The van der Waals surface area contributed by atoms with E-state index >= 15 is 0 Å². The van der Waals surface area contributed by atoms with Crippen molar-refractivity contribution in [3.8, 4) is 0 Å². The smallest absolute Gasteiger partial charge is 0.223 e. The molecule has 114 valence electrons. The molecule has 1 aromatic rings. The normalized spacial score (nSPS) is 25.6. The van der Waals surface area contributed by atoms with Crippen molar-refractivity contribution in [2.24, 2.45) is 11.8 Å². The number of benzene rings is 1. The first kappa shape index (κ1) is 14.8. The number of hydrogen-bond acceptors (Lipinski definition) is 2. The molecule has 2 fully saturated rings. The predicted molar refractivity (Wildman–Crippen MR) is 80.9 cm³/mol. The largest absolute Gasteiger partial charge is 0.356 e. The number of amides is 1. The number of hydrogen-bond donors (Lipinski definition) is 2. The zero-order valence-electron chi connectivity index (χ0n) is 11.9. The number of carbonyl (C=O) groups excluding carboxylic acids is 1. The van der Waals surface area contributed by atoms with Crippen LogP contribution in [0.3, 0.4) is 0 Å². The lowest BCUT2D eigenvalue weighted by atomic mass is 9.98. The summed E-state index contributed by atoms with van der Waals surface area (Å²) in [4.78, 5) is 12.2. The van der Waals surface area contributed by atoms with Gasteiger partial charge in [0.2, 0.25) is 5.91 Å². The molecule has 1 saturated heterocycles. The molecule has 5 heteroatoms. The summed E-state index contributed by atoms with van der Waals surface area (Å²) < 4.78 is 13.8. The van der Waals surface area contributed by atoms with Crippen LogP contribution in [0.5, 0.6) is 0 Å². The minimum atomic E-state index is -0.304. The van der Waals surface area contributed by atoms with Crippen molar-refractivity contribution < 1.29 is 9.18 Å². The monoisotopic (exact) mass is 310 g/mol. The maximum absolute atomic E-state index is 13.8. The first-order chi connectivity index (χ1) is 10.2. The summed E-state index contributed by atoms with van der Waals surface area (Å²) in [6.45, 7) is 2.78. The molecule has 3 nitrogen and oxygen atoms in total. The molecular formula is C16H20ClFN2O. The van der Waals surface area contributed by atoms with E-state index in [-0.39, 0.29) is 23.6 Å². The van der Waals surface area contributed by atoms with Crippen molar-refractivity contribution in [2.45, 2.75) is 25.2 Å². The maximum Gasteiger partial charge on any atom is 0.223 e. The van der Waals surface area contributed by atoms with Gasteiger partial charge in [0.1, 0.15) is 5.82 Å². The third-order valence-electron chi connectivity index (χ3n) is 4.52. The van der Waals surface area contributed by atoms with Crippen LogP contribution in [-0.2, 0) is 4.79 Å². The Hall–Kier alpha value is -1.13. The fourth-order valence-corrected chi connectivity index (χ4v) is 3.43. The minimum Gasteiger partial charge on any atom is -0.356 e. The van der Waals surface area contributed by atoms with Crippen molar-refractivity contribution >= 4 is 17.5 Å². The van der Waals surface area contributed by atoms with E-state index in [0.717, 1.165) is 32.5 Å². The summed E-state index contributed by atoms with van der Waals surface area (Å²) in [7, 11) is 0. The molecule has 1 aromatic carbocycles. The second-order valence-electron chi connectivity index (χ2n) is 6.02. The minimum absolute atomic E-state index is 0.0397. The van der Waals surface area contributed by atoms with Gasteiger partial charge in [0, 0.05) is 29.0 Å². The van der Waals surface area contributed by atoms with E-state index in [0.29, 0.717) is 22.9 Å². The molecular weight excluding hydrogens is 291 g/mol. The Morgan fingerprint density at radius 3 is 2.86 bits per heavy atom. The summed E-state index contributed by atoms with van der Waals surface area (Å²) in [6, 6.07) is 4.68. The second-order valence-corrected chi connectivity index (χ2v) is 6.43.